The number of nitrogens with one attached hydrogen (secondary N) is 1. The molecule has 1 unspecified atom stereocenters. The fourth-order valence-corrected chi connectivity index (χ4v) is 2.87. The van der Waals surface area contributed by atoms with Crippen LogP contribution in [0.25, 0.3) is 0 Å². The second kappa shape index (κ2) is 8.91. The van der Waals surface area contributed by atoms with Crippen molar-refractivity contribution in [2.24, 2.45) is 4.99 Å². The van der Waals surface area contributed by atoms with Gasteiger partial charge in [-0.15, -0.1) is 0 Å². The van der Waals surface area contributed by atoms with Crippen LogP contribution in [0.15, 0.2) is 29.3 Å². The van der Waals surface area contributed by atoms with Crippen LogP contribution < -0.4 is 15.0 Å². The molecule has 1 N–H and O–H groups in total. The fraction of sp³-hybridized carbons (Fsp3) is 0.588. The summed E-state index contributed by atoms with van der Waals surface area (Å²) in [7, 11) is 3.56. The van der Waals surface area contributed by atoms with Crippen LogP contribution in [0.2, 0.25) is 0 Å². The SMILES string of the molecule is CN=C(NCC(C)SC)N1CCN(c2ccc(OC)cc2)CC1. The molecule has 0 amide bonds. The standard InChI is InChI=1S/C17H28N4OS/c1-14(23-4)13-19-17(18-2)21-11-9-20(10-12-21)15-5-7-16(22-3)8-6-15/h5-8,14H,9-13H2,1-4H3,(H,18,19). The Morgan fingerprint density at radius 3 is 2.43 bits per heavy atom. The van der Waals surface area contributed by atoms with Gasteiger partial charge in [-0.05, 0) is 30.5 Å². The van der Waals surface area contributed by atoms with Gasteiger partial charge in [-0.25, -0.2) is 0 Å². The largest absolute Gasteiger partial charge is 0.497 e. The predicted octanol–water partition coefficient (Wildman–Crippen LogP) is 2.14. The number of hydrogen-bond donors (Lipinski definition) is 1. The molecule has 1 aromatic rings. The summed E-state index contributed by atoms with van der Waals surface area (Å²) in [4.78, 5) is 9.18. The van der Waals surface area contributed by atoms with Gasteiger partial charge in [0.2, 0.25) is 0 Å². The van der Waals surface area contributed by atoms with Gasteiger partial charge < -0.3 is 19.9 Å². The second-order valence-electron chi connectivity index (χ2n) is 5.65. The molecule has 0 spiro atoms. The van der Waals surface area contributed by atoms with Crippen molar-refractivity contribution in [1.82, 2.24) is 10.2 Å². The van der Waals surface area contributed by atoms with E-state index in [-0.39, 0.29) is 0 Å². The first-order valence-corrected chi connectivity index (χ1v) is 9.34. The van der Waals surface area contributed by atoms with Crippen molar-refractivity contribution < 1.29 is 4.74 Å². The van der Waals surface area contributed by atoms with Crippen LogP contribution in [0, 0.1) is 0 Å². The van der Waals surface area contributed by atoms with E-state index in [1.54, 1.807) is 7.11 Å². The summed E-state index contributed by atoms with van der Waals surface area (Å²) in [6.45, 7) is 7.16. The quantitative estimate of drug-likeness (QED) is 0.659. The van der Waals surface area contributed by atoms with E-state index < -0.39 is 0 Å². The lowest BCUT2D eigenvalue weighted by Crippen LogP contribution is -2.53. The Balaban J connectivity index is 1.86. The Hall–Kier alpha value is -1.56. The van der Waals surface area contributed by atoms with Crippen LogP contribution in [0.5, 0.6) is 5.75 Å². The smallest absolute Gasteiger partial charge is 0.193 e. The zero-order valence-corrected chi connectivity index (χ0v) is 15.4. The number of piperazine rings is 1. The lowest BCUT2D eigenvalue weighted by Gasteiger charge is -2.38. The van der Waals surface area contributed by atoms with Gasteiger partial charge in [-0.1, -0.05) is 6.92 Å². The molecular formula is C17H28N4OS. The molecule has 1 saturated heterocycles. The maximum atomic E-state index is 5.22. The number of ether oxygens (including phenoxy) is 1. The lowest BCUT2D eigenvalue weighted by atomic mass is 10.2. The molecule has 6 heteroatoms. The number of anilines is 1. The third-order valence-electron chi connectivity index (χ3n) is 4.18. The van der Waals surface area contributed by atoms with E-state index in [0.717, 1.165) is 44.4 Å². The summed E-state index contributed by atoms with van der Waals surface area (Å²) in [6.07, 6.45) is 2.14. The molecule has 0 aliphatic carbocycles. The zero-order chi connectivity index (χ0) is 16.7. The van der Waals surface area contributed by atoms with Gasteiger partial charge in [0.05, 0.1) is 7.11 Å². The molecule has 1 aromatic carbocycles. The first-order valence-electron chi connectivity index (χ1n) is 8.05. The van der Waals surface area contributed by atoms with Crippen LogP contribution in [-0.2, 0) is 0 Å². The van der Waals surface area contributed by atoms with Crippen molar-refractivity contribution in [2.75, 3.05) is 58.0 Å². The monoisotopic (exact) mass is 336 g/mol. The summed E-state index contributed by atoms with van der Waals surface area (Å²) in [5, 5.41) is 4.07. The minimum atomic E-state index is 0.590. The Labute approximate surface area is 144 Å². The summed E-state index contributed by atoms with van der Waals surface area (Å²) in [5.41, 5.74) is 1.25. The van der Waals surface area contributed by atoms with Crippen molar-refractivity contribution in [2.45, 2.75) is 12.2 Å². The Morgan fingerprint density at radius 2 is 1.91 bits per heavy atom. The average Bonchev–Trinajstić information content (AvgIpc) is 2.62. The molecule has 0 bridgehead atoms. The van der Waals surface area contributed by atoms with Crippen molar-refractivity contribution in [3.63, 3.8) is 0 Å². The number of aliphatic imine (C=N–C) groups is 1. The van der Waals surface area contributed by atoms with Crippen molar-refractivity contribution in [3.8, 4) is 5.75 Å². The minimum absolute atomic E-state index is 0.590. The predicted molar refractivity (Wildman–Crippen MR) is 101 cm³/mol. The molecule has 0 saturated carbocycles. The summed E-state index contributed by atoms with van der Waals surface area (Å²) in [5.74, 6) is 1.92. The van der Waals surface area contributed by atoms with E-state index in [9.17, 15) is 0 Å². The van der Waals surface area contributed by atoms with E-state index in [1.807, 2.05) is 30.9 Å². The number of guanidine groups is 1. The molecular weight excluding hydrogens is 308 g/mol. The average molecular weight is 337 g/mol. The molecule has 23 heavy (non-hydrogen) atoms. The highest BCUT2D eigenvalue weighted by atomic mass is 32.2. The highest BCUT2D eigenvalue weighted by Gasteiger charge is 2.20. The maximum Gasteiger partial charge on any atom is 0.193 e. The number of benzene rings is 1. The van der Waals surface area contributed by atoms with Gasteiger partial charge in [0.25, 0.3) is 0 Å². The second-order valence-corrected chi connectivity index (χ2v) is 6.92. The molecule has 1 fully saturated rings. The van der Waals surface area contributed by atoms with Gasteiger partial charge in [-0.2, -0.15) is 11.8 Å². The van der Waals surface area contributed by atoms with E-state index in [2.05, 4.69) is 45.4 Å². The van der Waals surface area contributed by atoms with Gasteiger partial charge in [0, 0.05) is 50.7 Å². The van der Waals surface area contributed by atoms with Gasteiger partial charge in [-0.3, -0.25) is 4.99 Å². The van der Waals surface area contributed by atoms with Crippen LogP contribution in [0.1, 0.15) is 6.92 Å². The molecule has 0 radical (unpaired) electrons. The molecule has 1 aliphatic heterocycles. The first-order chi connectivity index (χ1) is 11.2. The highest BCUT2D eigenvalue weighted by molar-refractivity contribution is 7.99. The number of hydrogen-bond acceptors (Lipinski definition) is 4. The molecule has 1 heterocycles. The molecule has 0 aromatic heterocycles. The number of nitrogens with zero attached hydrogens (tertiary/aromatic N) is 3. The van der Waals surface area contributed by atoms with E-state index in [0.29, 0.717) is 5.25 Å². The fourth-order valence-electron chi connectivity index (χ4n) is 2.62. The minimum Gasteiger partial charge on any atom is -0.497 e. The van der Waals surface area contributed by atoms with Crippen LogP contribution in [-0.4, -0.2) is 69.2 Å². The number of methoxy groups -OCH3 is 1. The molecule has 2 rings (SSSR count). The van der Waals surface area contributed by atoms with E-state index in [1.165, 1.54) is 5.69 Å². The highest BCUT2D eigenvalue weighted by Crippen LogP contribution is 2.20. The maximum absolute atomic E-state index is 5.22. The molecule has 128 valence electrons. The first kappa shape index (κ1) is 17.8. The lowest BCUT2D eigenvalue weighted by molar-refractivity contribution is 0.373. The molecule has 1 aliphatic rings. The van der Waals surface area contributed by atoms with Gasteiger partial charge in [0.15, 0.2) is 5.96 Å². The van der Waals surface area contributed by atoms with Crippen molar-refractivity contribution in [1.29, 1.82) is 0 Å². The summed E-state index contributed by atoms with van der Waals surface area (Å²) >= 11 is 1.87. The topological polar surface area (TPSA) is 40.1 Å². The van der Waals surface area contributed by atoms with Crippen molar-refractivity contribution in [3.05, 3.63) is 24.3 Å². The van der Waals surface area contributed by atoms with Crippen LogP contribution in [0.4, 0.5) is 5.69 Å². The number of rotatable bonds is 5. The third-order valence-corrected chi connectivity index (χ3v) is 5.15. The summed E-state index contributed by atoms with van der Waals surface area (Å²) < 4.78 is 5.22. The Bertz CT molecular complexity index is 498. The zero-order valence-electron chi connectivity index (χ0n) is 14.6. The summed E-state index contributed by atoms with van der Waals surface area (Å²) in [6, 6.07) is 8.29. The van der Waals surface area contributed by atoms with E-state index in [4.69, 9.17) is 4.74 Å². The van der Waals surface area contributed by atoms with Gasteiger partial charge >= 0.3 is 0 Å². The third kappa shape index (κ3) is 4.96. The normalized spacial score (nSPS) is 17.1. The van der Waals surface area contributed by atoms with Crippen LogP contribution >= 0.6 is 11.8 Å². The Kier molecular flexibility index (Phi) is 6.89. The van der Waals surface area contributed by atoms with Gasteiger partial charge in [0.1, 0.15) is 5.75 Å². The molecule has 1 atom stereocenters. The van der Waals surface area contributed by atoms with Crippen molar-refractivity contribution >= 4 is 23.4 Å². The Morgan fingerprint density at radius 1 is 1.26 bits per heavy atom. The number of thioether (sulfide) groups is 1. The van der Waals surface area contributed by atoms with Crippen LogP contribution in [0.3, 0.4) is 0 Å². The van der Waals surface area contributed by atoms with E-state index >= 15 is 0 Å². The molecule has 5 nitrogen and oxygen atoms in total.